The number of aryl methyl sites for hydroxylation is 1. The average Bonchev–Trinajstić information content (AvgIpc) is 2.57. The lowest BCUT2D eigenvalue weighted by Crippen LogP contribution is -2.37. The number of hydrogen-bond acceptors (Lipinski definition) is 5. The minimum Gasteiger partial charge on any atom is -0.478 e. The molecule has 1 rings (SSSR count). The van der Waals surface area contributed by atoms with Crippen LogP contribution in [0.5, 0.6) is 0 Å². The second kappa shape index (κ2) is 6.12. The van der Waals surface area contributed by atoms with Crippen molar-refractivity contribution in [3.8, 4) is 0 Å². The molecule has 0 aromatic carbocycles. The van der Waals surface area contributed by atoms with Crippen LogP contribution in [0.4, 0.5) is 5.00 Å². The summed E-state index contributed by atoms with van der Waals surface area (Å²) < 4.78 is 3.94. The van der Waals surface area contributed by atoms with Gasteiger partial charge in [0.05, 0.1) is 5.69 Å². The van der Waals surface area contributed by atoms with Crippen LogP contribution in [-0.2, 0) is 4.79 Å². The van der Waals surface area contributed by atoms with Gasteiger partial charge < -0.3 is 15.7 Å². The van der Waals surface area contributed by atoms with Gasteiger partial charge in [0.25, 0.3) is 0 Å². The number of carbonyl (C=O) groups excluding carboxylic acids is 1. The zero-order valence-electron chi connectivity index (χ0n) is 11.5. The van der Waals surface area contributed by atoms with Crippen LogP contribution >= 0.6 is 11.5 Å². The lowest BCUT2D eigenvalue weighted by Gasteiger charge is -2.20. The fourth-order valence-corrected chi connectivity index (χ4v) is 2.25. The van der Waals surface area contributed by atoms with Crippen molar-refractivity contribution in [3.05, 3.63) is 11.3 Å². The van der Waals surface area contributed by atoms with Crippen molar-refractivity contribution in [3.63, 3.8) is 0 Å². The van der Waals surface area contributed by atoms with Gasteiger partial charge in [0.1, 0.15) is 10.6 Å². The highest BCUT2D eigenvalue weighted by molar-refractivity contribution is 7.11. The van der Waals surface area contributed by atoms with Crippen LogP contribution in [0, 0.1) is 6.92 Å². The average molecular weight is 285 g/mol. The Kier molecular flexibility index (Phi) is 5.02. The van der Waals surface area contributed by atoms with Crippen LogP contribution in [0.1, 0.15) is 43.2 Å². The molecule has 0 aliphatic heterocycles. The first-order valence-electron chi connectivity index (χ1n) is 5.95. The molecule has 106 valence electrons. The van der Waals surface area contributed by atoms with Crippen LogP contribution in [0.2, 0.25) is 0 Å². The van der Waals surface area contributed by atoms with Gasteiger partial charge in [0.15, 0.2) is 0 Å². The number of aromatic nitrogens is 1. The van der Waals surface area contributed by atoms with Gasteiger partial charge in [-0.2, -0.15) is 4.37 Å². The van der Waals surface area contributed by atoms with Crippen molar-refractivity contribution in [2.24, 2.45) is 0 Å². The van der Waals surface area contributed by atoms with Crippen LogP contribution in [-0.4, -0.2) is 33.4 Å². The monoisotopic (exact) mass is 285 g/mol. The van der Waals surface area contributed by atoms with Gasteiger partial charge in [-0.25, -0.2) is 4.79 Å². The molecule has 0 radical (unpaired) electrons. The van der Waals surface area contributed by atoms with Gasteiger partial charge in [-0.15, -0.1) is 0 Å². The van der Waals surface area contributed by atoms with Crippen molar-refractivity contribution in [2.45, 2.75) is 39.7 Å². The van der Waals surface area contributed by atoms with Crippen molar-refractivity contribution < 1.29 is 14.7 Å². The predicted molar refractivity (Wildman–Crippen MR) is 74.8 cm³/mol. The zero-order chi connectivity index (χ0) is 14.6. The largest absolute Gasteiger partial charge is 0.478 e. The fraction of sp³-hybridized carbons (Fsp3) is 0.583. The minimum absolute atomic E-state index is 0.0480. The van der Waals surface area contributed by atoms with E-state index in [4.69, 9.17) is 5.11 Å². The fourth-order valence-electron chi connectivity index (χ4n) is 1.45. The molecule has 1 amide bonds. The number of aromatic carboxylic acids is 1. The Morgan fingerprint density at radius 1 is 1.37 bits per heavy atom. The molecule has 0 saturated carbocycles. The number of hydrogen-bond donors (Lipinski definition) is 3. The van der Waals surface area contributed by atoms with E-state index in [-0.39, 0.29) is 23.4 Å². The van der Waals surface area contributed by atoms with Gasteiger partial charge in [-0.3, -0.25) is 4.79 Å². The van der Waals surface area contributed by atoms with E-state index < -0.39 is 5.97 Å². The third-order valence-electron chi connectivity index (χ3n) is 2.34. The summed E-state index contributed by atoms with van der Waals surface area (Å²) in [6, 6.07) is 0. The van der Waals surface area contributed by atoms with E-state index in [0.29, 0.717) is 17.2 Å². The standard InChI is InChI=1S/C12H19N3O3S/c1-7-9(11(17)18)10(19-15-7)14-8(16)5-6-13-12(2,3)4/h13H,5-6H2,1-4H3,(H,14,16)(H,17,18). The third-order valence-corrected chi connectivity index (χ3v) is 3.19. The maximum Gasteiger partial charge on any atom is 0.340 e. The van der Waals surface area contributed by atoms with Gasteiger partial charge >= 0.3 is 5.97 Å². The molecule has 0 aliphatic carbocycles. The van der Waals surface area contributed by atoms with E-state index in [9.17, 15) is 9.59 Å². The first-order chi connectivity index (χ1) is 8.70. The van der Waals surface area contributed by atoms with E-state index in [1.807, 2.05) is 20.8 Å². The normalized spacial score (nSPS) is 11.4. The lowest BCUT2D eigenvalue weighted by atomic mass is 10.1. The first kappa shape index (κ1) is 15.6. The number of carboxylic acid groups (broad SMARTS) is 1. The van der Waals surface area contributed by atoms with Gasteiger partial charge in [0, 0.05) is 18.5 Å². The molecule has 19 heavy (non-hydrogen) atoms. The molecule has 0 unspecified atom stereocenters. The predicted octanol–water partition coefficient (Wildman–Crippen LogP) is 1.87. The molecular formula is C12H19N3O3S. The summed E-state index contributed by atoms with van der Waals surface area (Å²) in [7, 11) is 0. The molecule has 0 saturated heterocycles. The van der Waals surface area contributed by atoms with Crippen molar-refractivity contribution in [2.75, 3.05) is 11.9 Å². The molecule has 3 N–H and O–H groups in total. The molecule has 7 heteroatoms. The van der Waals surface area contributed by atoms with E-state index in [1.54, 1.807) is 6.92 Å². The Bertz CT molecular complexity index is 477. The molecule has 6 nitrogen and oxygen atoms in total. The summed E-state index contributed by atoms with van der Waals surface area (Å²) in [6.07, 6.45) is 0.285. The summed E-state index contributed by atoms with van der Waals surface area (Å²) >= 11 is 0.989. The lowest BCUT2D eigenvalue weighted by molar-refractivity contribution is -0.116. The second-order valence-electron chi connectivity index (χ2n) is 5.25. The maximum atomic E-state index is 11.7. The van der Waals surface area contributed by atoms with Crippen molar-refractivity contribution in [1.82, 2.24) is 9.69 Å². The number of carbonyl (C=O) groups is 2. The van der Waals surface area contributed by atoms with Crippen molar-refractivity contribution in [1.29, 1.82) is 0 Å². The number of nitrogens with zero attached hydrogens (tertiary/aromatic N) is 1. The van der Waals surface area contributed by atoms with Gasteiger partial charge in [0.2, 0.25) is 5.91 Å². The molecule has 1 aromatic rings. The molecule has 0 bridgehead atoms. The molecule has 0 atom stereocenters. The van der Waals surface area contributed by atoms with Crippen molar-refractivity contribution >= 4 is 28.4 Å². The number of amides is 1. The zero-order valence-corrected chi connectivity index (χ0v) is 12.3. The molecule has 0 aliphatic rings. The summed E-state index contributed by atoms with van der Waals surface area (Å²) in [5.41, 5.74) is 0.441. The molecule has 0 fully saturated rings. The molecule has 1 aromatic heterocycles. The minimum atomic E-state index is -1.07. The van der Waals surface area contributed by atoms with E-state index in [0.717, 1.165) is 11.5 Å². The molecule has 0 spiro atoms. The summed E-state index contributed by atoms with van der Waals surface area (Å²) in [4.78, 5) is 22.8. The highest BCUT2D eigenvalue weighted by Gasteiger charge is 2.19. The molecule has 1 heterocycles. The SMILES string of the molecule is Cc1nsc(NC(=O)CCNC(C)(C)C)c1C(=O)O. The highest BCUT2D eigenvalue weighted by Crippen LogP contribution is 2.24. The number of carboxylic acids is 1. The quantitative estimate of drug-likeness (QED) is 0.768. The topological polar surface area (TPSA) is 91.3 Å². The summed E-state index contributed by atoms with van der Waals surface area (Å²) in [5.74, 6) is -1.29. The first-order valence-corrected chi connectivity index (χ1v) is 6.72. The highest BCUT2D eigenvalue weighted by atomic mass is 32.1. The number of anilines is 1. The van der Waals surface area contributed by atoms with Crippen LogP contribution in [0.25, 0.3) is 0 Å². The Labute approximate surface area is 116 Å². The number of nitrogens with one attached hydrogen (secondary N) is 2. The Morgan fingerprint density at radius 3 is 2.53 bits per heavy atom. The maximum absolute atomic E-state index is 11.7. The molecular weight excluding hydrogens is 266 g/mol. The van der Waals surface area contributed by atoms with Gasteiger partial charge in [-0.1, -0.05) is 0 Å². The van der Waals surface area contributed by atoms with Gasteiger partial charge in [-0.05, 0) is 39.2 Å². The Morgan fingerprint density at radius 2 is 2.00 bits per heavy atom. The third kappa shape index (κ3) is 4.96. The van der Waals surface area contributed by atoms with Crippen LogP contribution < -0.4 is 10.6 Å². The van der Waals surface area contributed by atoms with E-state index >= 15 is 0 Å². The van der Waals surface area contributed by atoms with E-state index in [1.165, 1.54) is 0 Å². The Balaban J connectivity index is 2.56. The summed E-state index contributed by atoms with van der Waals surface area (Å²) in [5, 5.41) is 15.1. The van der Waals surface area contributed by atoms with Crippen LogP contribution in [0.15, 0.2) is 0 Å². The second-order valence-corrected chi connectivity index (χ2v) is 6.03. The number of rotatable bonds is 5. The van der Waals surface area contributed by atoms with E-state index in [2.05, 4.69) is 15.0 Å². The summed E-state index contributed by atoms with van der Waals surface area (Å²) in [6.45, 7) is 8.19. The Hall–Kier alpha value is -1.47. The smallest absolute Gasteiger partial charge is 0.340 e. The van der Waals surface area contributed by atoms with Crippen LogP contribution in [0.3, 0.4) is 0 Å².